The lowest BCUT2D eigenvalue weighted by atomic mass is 9.90. The number of rotatable bonds is 4. The first kappa shape index (κ1) is 13.0. The molecule has 0 saturated carbocycles. The Morgan fingerprint density at radius 3 is 2.27 bits per heavy atom. The molecule has 1 saturated heterocycles. The van der Waals surface area contributed by atoms with Crippen LogP contribution in [0.4, 0.5) is 0 Å². The minimum Gasteiger partial charge on any atom is -0.313 e. The lowest BCUT2D eigenvalue weighted by molar-refractivity contribution is 0.301. The van der Waals surface area contributed by atoms with Gasteiger partial charge >= 0.3 is 0 Å². The van der Waals surface area contributed by atoms with E-state index in [1.165, 1.54) is 0 Å². The summed E-state index contributed by atoms with van der Waals surface area (Å²) in [4.78, 5) is 0. The highest BCUT2D eigenvalue weighted by molar-refractivity contribution is 7.91. The van der Waals surface area contributed by atoms with Crippen molar-refractivity contribution >= 4 is 9.84 Å². The van der Waals surface area contributed by atoms with Gasteiger partial charge < -0.3 is 5.32 Å². The Morgan fingerprint density at radius 1 is 1.27 bits per heavy atom. The zero-order valence-electron chi connectivity index (χ0n) is 10.0. The molecule has 15 heavy (non-hydrogen) atoms. The molecule has 1 N–H and O–H groups in total. The van der Waals surface area contributed by atoms with E-state index in [0.717, 1.165) is 25.8 Å². The Kier molecular flexibility index (Phi) is 4.18. The van der Waals surface area contributed by atoms with E-state index < -0.39 is 9.84 Å². The Hall–Kier alpha value is -0.0900. The second-order valence-electron chi connectivity index (χ2n) is 5.32. The van der Waals surface area contributed by atoms with E-state index in [1.807, 2.05) is 0 Å². The van der Waals surface area contributed by atoms with E-state index in [1.54, 1.807) is 0 Å². The van der Waals surface area contributed by atoms with Crippen LogP contribution in [0.15, 0.2) is 0 Å². The zero-order chi connectivity index (χ0) is 11.5. The topological polar surface area (TPSA) is 46.2 Å². The molecule has 0 atom stereocenters. The molecule has 0 unspecified atom stereocenters. The van der Waals surface area contributed by atoms with Gasteiger partial charge in [-0.15, -0.1) is 0 Å². The normalized spacial score (nSPS) is 22.9. The fraction of sp³-hybridized carbons (Fsp3) is 1.00. The zero-order valence-corrected chi connectivity index (χ0v) is 10.9. The summed E-state index contributed by atoms with van der Waals surface area (Å²) in [5.74, 6) is 0.717. The second-order valence-corrected chi connectivity index (χ2v) is 7.63. The highest BCUT2D eigenvalue weighted by Gasteiger charge is 2.24. The molecule has 0 radical (unpaired) electrons. The molecule has 1 aliphatic rings. The van der Waals surface area contributed by atoms with Gasteiger partial charge in [0.15, 0.2) is 0 Å². The third-order valence-corrected chi connectivity index (χ3v) is 5.10. The molecule has 1 rings (SSSR count). The van der Waals surface area contributed by atoms with Crippen LogP contribution in [-0.2, 0) is 9.84 Å². The van der Waals surface area contributed by atoms with Gasteiger partial charge in [-0.05, 0) is 24.7 Å². The maximum atomic E-state index is 11.2. The van der Waals surface area contributed by atoms with Gasteiger partial charge in [0.1, 0.15) is 9.84 Å². The number of sulfone groups is 1. The quantitative estimate of drug-likeness (QED) is 0.802. The molecule has 90 valence electrons. The molecule has 0 aromatic carbocycles. The molecule has 0 bridgehead atoms. The van der Waals surface area contributed by atoms with Crippen molar-refractivity contribution in [2.75, 3.05) is 18.1 Å². The third kappa shape index (κ3) is 4.51. The van der Waals surface area contributed by atoms with Gasteiger partial charge in [0, 0.05) is 12.6 Å². The summed E-state index contributed by atoms with van der Waals surface area (Å²) in [6.45, 7) is 7.64. The van der Waals surface area contributed by atoms with Gasteiger partial charge in [0.25, 0.3) is 0 Å². The van der Waals surface area contributed by atoms with Crippen molar-refractivity contribution in [3.8, 4) is 0 Å². The van der Waals surface area contributed by atoms with E-state index in [4.69, 9.17) is 0 Å². The Labute approximate surface area is 93.6 Å². The molecule has 0 aromatic rings. The van der Waals surface area contributed by atoms with Gasteiger partial charge in [-0.1, -0.05) is 20.8 Å². The fourth-order valence-electron chi connectivity index (χ4n) is 1.64. The number of nitrogens with one attached hydrogen (secondary N) is 1. The van der Waals surface area contributed by atoms with Crippen LogP contribution in [0.3, 0.4) is 0 Å². The minimum atomic E-state index is -2.72. The summed E-state index contributed by atoms with van der Waals surface area (Å²) in [7, 11) is -2.72. The van der Waals surface area contributed by atoms with Crippen molar-refractivity contribution in [2.24, 2.45) is 5.41 Å². The van der Waals surface area contributed by atoms with Crippen molar-refractivity contribution in [3.05, 3.63) is 0 Å². The predicted molar refractivity (Wildman–Crippen MR) is 63.8 cm³/mol. The molecule has 1 fully saturated rings. The van der Waals surface area contributed by atoms with Crippen molar-refractivity contribution in [2.45, 2.75) is 46.1 Å². The molecular weight excluding hydrogens is 210 g/mol. The van der Waals surface area contributed by atoms with Crippen LogP contribution in [0.2, 0.25) is 0 Å². The standard InChI is InChI=1S/C11H23NO2S/c1-4-11(2,3)9-12-10-5-7-15(13,14)8-6-10/h10,12H,4-9H2,1-3H3. The average molecular weight is 233 g/mol. The predicted octanol–water partition coefficient (Wildman–Crippen LogP) is 1.59. The largest absolute Gasteiger partial charge is 0.313 e. The van der Waals surface area contributed by atoms with Gasteiger partial charge in [-0.2, -0.15) is 0 Å². The van der Waals surface area contributed by atoms with E-state index in [9.17, 15) is 8.42 Å². The first-order valence-corrected chi connectivity index (χ1v) is 7.60. The summed E-state index contributed by atoms with van der Waals surface area (Å²) in [5, 5.41) is 3.49. The SMILES string of the molecule is CCC(C)(C)CNC1CCS(=O)(=O)CC1. The molecule has 1 heterocycles. The molecule has 0 aromatic heterocycles. The molecule has 0 spiro atoms. The summed E-state index contributed by atoms with van der Waals surface area (Å²) in [5.41, 5.74) is 0.316. The van der Waals surface area contributed by atoms with Gasteiger partial charge in [-0.25, -0.2) is 8.42 Å². The van der Waals surface area contributed by atoms with Crippen LogP contribution in [0, 0.1) is 5.41 Å². The van der Waals surface area contributed by atoms with E-state index >= 15 is 0 Å². The van der Waals surface area contributed by atoms with Crippen LogP contribution in [-0.4, -0.2) is 32.5 Å². The van der Waals surface area contributed by atoms with Crippen molar-refractivity contribution in [1.29, 1.82) is 0 Å². The summed E-state index contributed by atoms with van der Waals surface area (Å²) < 4.78 is 22.5. The Morgan fingerprint density at radius 2 is 1.80 bits per heavy atom. The number of hydrogen-bond donors (Lipinski definition) is 1. The summed E-state index contributed by atoms with van der Waals surface area (Å²) in [6.07, 6.45) is 2.70. The van der Waals surface area contributed by atoms with E-state index in [2.05, 4.69) is 26.1 Å². The van der Waals surface area contributed by atoms with Crippen LogP contribution in [0.1, 0.15) is 40.0 Å². The highest BCUT2D eigenvalue weighted by atomic mass is 32.2. The highest BCUT2D eigenvalue weighted by Crippen LogP contribution is 2.19. The van der Waals surface area contributed by atoms with Crippen LogP contribution >= 0.6 is 0 Å². The molecule has 0 amide bonds. The maximum absolute atomic E-state index is 11.2. The first-order chi connectivity index (χ1) is 6.85. The second kappa shape index (κ2) is 4.83. The molecule has 4 heteroatoms. The van der Waals surface area contributed by atoms with Gasteiger partial charge in [0.2, 0.25) is 0 Å². The van der Waals surface area contributed by atoms with Gasteiger partial charge in [-0.3, -0.25) is 0 Å². The smallest absolute Gasteiger partial charge is 0.150 e. The monoisotopic (exact) mass is 233 g/mol. The summed E-state index contributed by atoms with van der Waals surface area (Å²) >= 11 is 0. The number of hydrogen-bond acceptors (Lipinski definition) is 3. The Balaban J connectivity index is 2.31. The average Bonchev–Trinajstić information content (AvgIpc) is 2.16. The molecule has 3 nitrogen and oxygen atoms in total. The van der Waals surface area contributed by atoms with E-state index in [-0.39, 0.29) is 0 Å². The lowest BCUT2D eigenvalue weighted by Gasteiger charge is -2.29. The van der Waals surface area contributed by atoms with E-state index in [0.29, 0.717) is 23.0 Å². The van der Waals surface area contributed by atoms with Crippen LogP contribution < -0.4 is 5.32 Å². The lowest BCUT2D eigenvalue weighted by Crippen LogP contribution is -2.41. The van der Waals surface area contributed by atoms with Crippen molar-refractivity contribution in [1.82, 2.24) is 5.32 Å². The van der Waals surface area contributed by atoms with Crippen LogP contribution in [0.5, 0.6) is 0 Å². The van der Waals surface area contributed by atoms with Crippen molar-refractivity contribution < 1.29 is 8.42 Å². The van der Waals surface area contributed by atoms with Crippen molar-refractivity contribution in [3.63, 3.8) is 0 Å². The molecule has 1 aliphatic heterocycles. The fourth-order valence-corrected chi connectivity index (χ4v) is 3.13. The third-order valence-electron chi connectivity index (χ3n) is 3.38. The summed E-state index contributed by atoms with van der Waals surface area (Å²) in [6, 6.07) is 0.402. The van der Waals surface area contributed by atoms with Crippen LogP contribution in [0.25, 0.3) is 0 Å². The molecular formula is C11H23NO2S. The molecule has 0 aliphatic carbocycles. The first-order valence-electron chi connectivity index (χ1n) is 5.78. The van der Waals surface area contributed by atoms with Gasteiger partial charge in [0.05, 0.1) is 11.5 Å². The Bertz CT molecular complexity index is 282. The maximum Gasteiger partial charge on any atom is 0.150 e. The minimum absolute atomic E-state index is 0.316.